The molecule has 2 amide bonds. The minimum Gasteiger partial charge on any atom is -0.480 e. The molecule has 0 spiro atoms. The highest BCUT2D eigenvalue weighted by Gasteiger charge is 2.51. The number of anilines is 5. The van der Waals surface area contributed by atoms with Crippen molar-refractivity contribution in [3.63, 3.8) is 0 Å². The number of amides is 2. The summed E-state index contributed by atoms with van der Waals surface area (Å²) in [6.07, 6.45) is 5.64. The van der Waals surface area contributed by atoms with Crippen molar-refractivity contribution < 1.29 is 28.2 Å². The molecule has 5 aliphatic rings. The average molecular weight is 886 g/mol. The van der Waals surface area contributed by atoms with Crippen LogP contribution in [0.5, 0.6) is 5.75 Å². The molecule has 4 N–H and O–H groups in total. The second kappa shape index (κ2) is 16.2. The molecule has 16 nitrogen and oxygen atoms in total. The summed E-state index contributed by atoms with van der Waals surface area (Å²) in [5.74, 6) is -3.25. The molecule has 10 rings (SSSR count). The molecular formula is C44H50ClF2N11O5. The molecule has 4 aliphatic heterocycles. The van der Waals surface area contributed by atoms with Gasteiger partial charge in [-0.1, -0.05) is 23.7 Å². The van der Waals surface area contributed by atoms with Crippen molar-refractivity contribution in [1.29, 1.82) is 0 Å². The van der Waals surface area contributed by atoms with Crippen LogP contribution in [-0.2, 0) is 23.7 Å². The van der Waals surface area contributed by atoms with Gasteiger partial charge in [0, 0.05) is 76.2 Å². The highest BCUT2D eigenvalue weighted by Crippen LogP contribution is 2.46. The Hall–Kier alpha value is -5.59. The van der Waals surface area contributed by atoms with Gasteiger partial charge in [-0.3, -0.25) is 29.3 Å². The lowest BCUT2D eigenvalue weighted by Gasteiger charge is -2.43. The van der Waals surface area contributed by atoms with Crippen LogP contribution in [0.15, 0.2) is 47.4 Å². The number of aromatic nitrogens is 5. The van der Waals surface area contributed by atoms with Crippen molar-refractivity contribution >= 4 is 74.0 Å². The Morgan fingerprint density at radius 3 is 2.59 bits per heavy atom. The summed E-state index contributed by atoms with van der Waals surface area (Å²) in [6, 6.07) is 10.0. The summed E-state index contributed by atoms with van der Waals surface area (Å²) < 4.78 is 39.2. The molecule has 0 radical (unpaired) electrons. The Kier molecular flexibility index (Phi) is 10.6. The molecule has 63 heavy (non-hydrogen) atoms. The maximum atomic E-state index is 15.2. The maximum Gasteiger partial charge on any atom is 0.301 e. The molecule has 3 aromatic heterocycles. The van der Waals surface area contributed by atoms with Crippen LogP contribution in [0.3, 0.4) is 0 Å². The zero-order chi connectivity index (χ0) is 43.7. The number of aliphatic hydroxyl groups is 1. The molecule has 4 fully saturated rings. The van der Waals surface area contributed by atoms with E-state index in [0.29, 0.717) is 78.7 Å². The Bertz CT molecular complexity index is 2680. The van der Waals surface area contributed by atoms with Gasteiger partial charge in [0.2, 0.25) is 23.5 Å². The number of carbonyl (C=O) groups is 2. The second-order valence-corrected chi connectivity index (χ2v) is 18.1. The molecular weight excluding hydrogens is 836 g/mol. The van der Waals surface area contributed by atoms with Crippen LogP contribution in [0.25, 0.3) is 21.8 Å². The number of halogens is 3. The molecule has 1 unspecified atom stereocenters. The number of fused-ring (bicyclic) bond motifs is 4. The van der Waals surface area contributed by atoms with Crippen LogP contribution in [0.2, 0.25) is 5.02 Å². The van der Waals surface area contributed by atoms with Gasteiger partial charge in [-0.2, -0.15) is 10.1 Å². The number of pyridine rings is 1. The number of rotatable bonds is 9. The SMILES string of the molecule is Cn1nc(C2CCC(=O)NC2=O)c2cccc(N3CCC(CN4CCN(c5ncc(Cl)c(Nc6ccc7c(c6)c6c(c(=O)n7C)OCC(F)(F)[C@H](C7CC7)N6)n5)[C@H](CO)C4)CC3)c21. The van der Waals surface area contributed by atoms with E-state index in [0.717, 1.165) is 55.6 Å². The first-order valence-electron chi connectivity index (χ1n) is 21.7. The molecule has 1 aliphatic carbocycles. The Balaban J connectivity index is 0.803. The van der Waals surface area contributed by atoms with Gasteiger partial charge in [-0.15, -0.1) is 0 Å². The van der Waals surface area contributed by atoms with Crippen LogP contribution >= 0.6 is 11.6 Å². The Morgan fingerprint density at radius 2 is 1.83 bits per heavy atom. The van der Waals surface area contributed by atoms with Crippen molar-refractivity contribution in [2.45, 2.75) is 62.4 Å². The molecule has 3 saturated heterocycles. The monoisotopic (exact) mass is 885 g/mol. The van der Waals surface area contributed by atoms with E-state index in [1.165, 1.54) is 10.8 Å². The van der Waals surface area contributed by atoms with Crippen LogP contribution in [0, 0.1) is 11.8 Å². The van der Waals surface area contributed by atoms with E-state index in [2.05, 4.69) is 36.8 Å². The minimum atomic E-state index is -3.15. The first kappa shape index (κ1) is 41.4. The highest BCUT2D eigenvalue weighted by molar-refractivity contribution is 6.33. The van der Waals surface area contributed by atoms with Crippen LogP contribution < -0.4 is 36.0 Å². The summed E-state index contributed by atoms with van der Waals surface area (Å²) in [5.41, 5.74) is 3.66. The second-order valence-electron chi connectivity index (χ2n) is 17.7. The summed E-state index contributed by atoms with van der Waals surface area (Å²) >= 11 is 6.65. The molecule has 19 heteroatoms. The van der Waals surface area contributed by atoms with E-state index in [1.807, 2.05) is 28.8 Å². The number of aliphatic hydroxyl groups excluding tert-OH is 1. The number of ether oxygens (including phenoxy) is 1. The number of piperazine rings is 1. The fourth-order valence-electron chi connectivity index (χ4n) is 10.0. The number of aryl methyl sites for hydroxylation is 2. The predicted octanol–water partition coefficient (Wildman–Crippen LogP) is 4.75. The zero-order valence-corrected chi connectivity index (χ0v) is 35.9. The number of benzene rings is 2. The number of nitrogens with one attached hydrogen (secondary N) is 3. The molecule has 2 aromatic carbocycles. The minimum absolute atomic E-state index is 0.0936. The number of carbonyl (C=O) groups excluding carboxylic acids is 2. The fraction of sp³-hybridized carbons (Fsp3) is 0.500. The average Bonchev–Trinajstić information content (AvgIpc) is 4.08. The van der Waals surface area contributed by atoms with E-state index in [4.69, 9.17) is 26.4 Å². The summed E-state index contributed by atoms with van der Waals surface area (Å²) in [7, 11) is 3.50. The lowest BCUT2D eigenvalue weighted by atomic mass is 9.92. The normalized spacial score (nSPS) is 23.3. The number of alkyl halides is 2. The highest BCUT2D eigenvalue weighted by atomic mass is 35.5. The zero-order valence-electron chi connectivity index (χ0n) is 35.1. The van der Waals surface area contributed by atoms with Crippen molar-refractivity contribution in [3.8, 4) is 5.75 Å². The van der Waals surface area contributed by atoms with Gasteiger partial charge in [-0.25, -0.2) is 13.8 Å². The van der Waals surface area contributed by atoms with Crippen molar-refractivity contribution in [2.75, 3.05) is 72.9 Å². The largest absolute Gasteiger partial charge is 0.480 e. The van der Waals surface area contributed by atoms with E-state index >= 15 is 8.78 Å². The quantitative estimate of drug-likeness (QED) is 0.150. The predicted molar refractivity (Wildman–Crippen MR) is 236 cm³/mol. The number of hydrogen-bond acceptors (Lipinski definition) is 13. The first-order chi connectivity index (χ1) is 30.4. The number of para-hydroxylation sites is 1. The standard InChI is InChI=1S/C44H50ClF2N11O5/c1-54-32-10-8-26(18-30(32)36-38(42(54)62)63-23-44(46,47)39(51-36)25-6-7-25)49-40-31(45)19-48-43(52-40)58-17-16-56(21-27(58)22-59)20-24-12-14-57(15-13-24)33-5-3-4-28-35(53-55(2)37(28)33)29-9-11-34(60)50-41(29)61/h3-5,8,10,18-19,24-25,27,29,39,51,59H,6-7,9,11-17,20-23H2,1-2H3,(H,48,49,52)(H,50,60,61)/t27-,29?,39-/m0/s1. The van der Waals surface area contributed by atoms with Gasteiger partial charge in [0.05, 0.1) is 58.9 Å². The topological polar surface area (TPSA) is 175 Å². The fourth-order valence-corrected chi connectivity index (χ4v) is 10.2. The number of piperidine rings is 2. The third kappa shape index (κ3) is 7.69. The van der Waals surface area contributed by atoms with Crippen LogP contribution in [0.4, 0.5) is 37.6 Å². The van der Waals surface area contributed by atoms with Gasteiger partial charge in [0.1, 0.15) is 5.02 Å². The van der Waals surface area contributed by atoms with Crippen LogP contribution in [0.1, 0.15) is 50.1 Å². The van der Waals surface area contributed by atoms with Crippen molar-refractivity contribution in [1.82, 2.24) is 34.5 Å². The van der Waals surface area contributed by atoms with Gasteiger partial charge in [0.15, 0.2) is 12.4 Å². The van der Waals surface area contributed by atoms with Gasteiger partial charge >= 0.3 is 5.92 Å². The Labute approximate surface area is 366 Å². The molecule has 0 bridgehead atoms. The van der Waals surface area contributed by atoms with Crippen LogP contribution in [-0.4, -0.2) is 117 Å². The van der Waals surface area contributed by atoms with Gasteiger partial charge in [-0.05, 0) is 68.2 Å². The van der Waals surface area contributed by atoms with Crippen molar-refractivity contribution in [3.05, 3.63) is 63.7 Å². The van der Waals surface area contributed by atoms with Gasteiger partial charge < -0.3 is 34.8 Å². The van der Waals surface area contributed by atoms with E-state index in [1.54, 1.807) is 25.2 Å². The molecule has 1 saturated carbocycles. The molecule has 332 valence electrons. The number of imide groups is 1. The van der Waals surface area contributed by atoms with E-state index in [-0.39, 0.29) is 46.8 Å². The van der Waals surface area contributed by atoms with Crippen molar-refractivity contribution in [2.24, 2.45) is 25.9 Å². The molecule has 7 heterocycles. The maximum absolute atomic E-state index is 15.2. The molecule has 5 aromatic rings. The Morgan fingerprint density at radius 1 is 1.02 bits per heavy atom. The van der Waals surface area contributed by atoms with Gasteiger partial charge in [0.25, 0.3) is 5.56 Å². The lowest BCUT2D eigenvalue weighted by molar-refractivity contribution is -0.134. The van der Waals surface area contributed by atoms with E-state index < -0.39 is 30.0 Å². The summed E-state index contributed by atoms with van der Waals surface area (Å²) in [4.78, 5) is 54.0. The number of nitrogens with zero attached hydrogens (tertiary/aromatic N) is 8. The third-order valence-electron chi connectivity index (χ3n) is 13.6. The van der Waals surface area contributed by atoms with E-state index in [9.17, 15) is 19.5 Å². The summed E-state index contributed by atoms with van der Waals surface area (Å²) in [5, 5.41) is 25.9. The first-order valence-corrected chi connectivity index (χ1v) is 22.1. The third-order valence-corrected chi connectivity index (χ3v) is 13.8. The lowest BCUT2D eigenvalue weighted by Crippen LogP contribution is -2.56. The number of hydrogen-bond donors (Lipinski definition) is 4. The molecule has 3 atom stereocenters. The smallest absolute Gasteiger partial charge is 0.301 e. The summed E-state index contributed by atoms with van der Waals surface area (Å²) in [6.45, 7) is 3.66.